The predicted octanol–water partition coefficient (Wildman–Crippen LogP) is 2.82. The average molecular weight is 1150 g/mol. The van der Waals surface area contributed by atoms with Crippen LogP contribution in [0.5, 0.6) is 0 Å². The summed E-state index contributed by atoms with van der Waals surface area (Å²) in [6, 6.07) is -9.20. The molecule has 0 aliphatic heterocycles. The molecule has 81 heavy (non-hydrogen) atoms. The van der Waals surface area contributed by atoms with Gasteiger partial charge in [0.2, 0.25) is 59.1 Å². The van der Waals surface area contributed by atoms with Crippen molar-refractivity contribution < 1.29 is 62.5 Å². The van der Waals surface area contributed by atoms with Gasteiger partial charge in [0.1, 0.15) is 55.1 Å². The second-order valence-corrected chi connectivity index (χ2v) is 23.7. The molecular weight excluding hydrogens is 1040 g/mol. The molecule has 0 heterocycles. The van der Waals surface area contributed by atoms with Gasteiger partial charge in [-0.3, -0.25) is 47.9 Å². The molecule has 0 saturated carbocycles. The minimum atomic E-state index is -1.33. The normalized spacial score (nSPS) is 15.5. The Kier molecular flexibility index (Phi) is 33.5. The smallest absolute Gasteiger partial charge is 0.246 e. The fourth-order valence-corrected chi connectivity index (χ4v) is 8.96. The molecule has 0 aliphatic rings. The van der Waals surface area contributed by atoms with Gasteiger partial charge in [-0.05, 0) is 96.8 Å². The molecule has 0 rings (SSSR count). The molecule has 0 aliphatic carbocycles. The van der Waals surface area contributed by atoms with E-state index in [1.165, 1.54) is 70.8 Å². The van der Waals surface area contributed by atoms with E-state index in [1.54, 1.807) is 48.5 Å². The number of carbonyl (C=O) groups is 10. The molecule has 23 heteroatoms. The average Bonchev–Trinajstić information content (AvgIpc) is 3.38. The third kappa shape index (κ3) is 24.8. The van der Waals surface area contributed by atoms with Gasteiger partial charge in [0.25, 0.3) is 0 Å². The topological polar surface area (TPSA) is 286 Å². The van der Waals surface area contributed by atoms with Gasteiger partial charge in [0, 0.05) is 61.7 Å². The van der Waals surface area contributed by atoms with E-state index in [0.29, 0.717) is 19.4 Å². The Bertz CT molecular complexity index is 2100. The Balaban J connectivity index is 6.81. The summed E-state index contributed by atoms with van der Waals surface area (Å²) in [6.07, 6.45) is 3.46. The molecule has 10 atom stereocenters. The number of aliphatic hydroxyl groups excluding tert-OH is 1. The van der Waals surface area contributed by atoms with Gasteiger partial charge in [-0.15, -0.1) is 0 Å². The van der Waals surface area contributed by atoms with Crippen molar-refractivity contribution in [3.05, 3.63) is 12.2 Å². The maximum atomic E-state index is 14.7. The van der Waals surface area contributed by atoms with E-state index in [2.05, 4.69) is 26.6 Å². The first-order chi connectivity index (χ1) is 37.5. The van der Waals surface area contributed by atoms with Gasteiger partial charge in [-0.25, -0.2) is 0 Å². The van der Waals surface area contributed by atoms with Gasteiger partial charge in [0.05, 0.1) is 18.2 Å². The van der Waals surface area contributed by atoms with Crippen molar-refractivity contribution in [3.8, 4) is 0 Å². The molecule has 6 N–H and O–H groups in total. The second-order valence-electron chi connectivity index (χ2n) is 23.7. The Morgan fingerprint density at radius 1 is 0.593 bits per heavy atom. The molecule has 0 spiro atoms. The van der Waals surface area contributed by atoms with Crippen LogP contribution in [0.2, 0.25) is 0 Å². The van der Waals surface area contributed by atoms with E-state index >= 15 is 0 Å². The fraction of sp³-hybridized carbons (Fsp3) is 0.793. The number of aliphatic hydroxyl groups is 1. The first-order valence-electron chi connectivity index (χ1n) is 28.7. The van der Waals surface area contributed by atoms with Crippen LogP contribution in [0, 0.1) is 29.6 Å². The number of ether oxygens (including phenoxy) is 2. The number of hydrogen-bond donors (Lipinski definition) is 6. The lowest BCUT2D eigenvalue weighted by atomic mass is 9.92. The van der Waals surface area contributed by atoms with Crippen LogP contribution in [-0.2, 0) is 57.4 Å². The first-order valence-corrected chi connectivity index (χ1v) is 28.7. The molecule has 23 nitrogen and oxygen atoms in total. The maximum absolute atomic E-state index is 14.7. The third-order valence-electron chi connectivity index (χ3n) is 14.3. The van der Waals surface area contributed by atoms with Gasteiger partial charge in [-0.2, -0.15) is 0 Å². The standard InChI is InChI=1S/C58H106N10O13/c1-23-26-27-38(12)49(71)48(68(22)45(69)30-36(8)9)54(76)62-41(24-2)56(78)64(18)32-46(70)65(19)44(31-58(15,16)81-33-80-25-3)53(75)63-47(37(10)11)57(79)67(21)43(29-35(6)7)52(74)60-39(13)50(72)61-40(14)55(77)66(20)42(28-34(4)5)51(73)59-17/h23,26,34-44,47-49,71H,24-25,27-33H2,1-22H3,(H,59,73)(H,60,74)(H,61,72)(H,62,76)(H,63,75)/b26-23+/t38-,39+,40+,41+,42+,43+,44+,47-,48?,49-/m1/s1. The van der Waals surface area contributed by atoms with Crippen molar-refractivity contribution >= 4 is 59.1 Å². The lowest BCUT2D eigenvalue weighted by Crippen LogP contribution is -2.61. The summed E-state index contributed by atoms with van der Waals surface area (Å²) in [5, 5.41) is 24.9. The number of amides is 10. The number of carbonyl (C=O) groups excluding carboxylic acids is 10. The van der Waals surface area contributed by atoms with Crippen LogP contribution in [0.3, 0.4) is 0 Å². The van der Waals surface area contributed by atoms with E-state index in [9.17, 15) is 53.1 Å². The van der Waals surface area contributed by atoms with E-state index in [4.69, 9.17) is 9.47 Å². The van der Waals surface area contributed by atoms with Crippen LogP contribution in [-0.4, -0.2) is 211 Å². The molecule has 0 aromatic carbocycles. The zero-order valence-electron chi connectivity index (χ0n) is 53.2. The monoisotopic (exact) mass is 1150 g/mol. The summed E-state index contributed by atoms with van der Waals surface area (Å²) >= 11 is 0. The highest BCUT2D eigenvalue weighted by Crippen LogP contribution is 2.23. The van der Waals surface area contributed by atoms with Crippen molar-refractivity contribution in [2.45, 2.75) is 209 Å². The Morgan fingerprint density at radius 3 is 1.59 bits per heavy atom. The second kappa shape index (κ2) is 36.0. The Morgan fingerprint density at radius 2 is 1.11 bits per heavy atom. The summed E-state index contributed by atoms with van der Waals surface area (Å²) < 4.78 is 11.4. The summed E-state index contributed by atoms with van der Waals surface area (Å²) in [5.41, 5.74) is -1.10. The van der Waals surface area contributed by atoms with Crippen LogP contribution in [0.25, 0.3) is 0 Å². The molecule has 0 bridgehead atoms. The molecule has 0 saturated heterocycles. The number of rotatable bonds is 36. The molecular formula is C58H106N10O13. The predicted molar refractivity (Wildman–Crippen MR) is 311 cm³/mol. The van der Waals surface area contributed by atoms with E-state index in [0.717, 1.165) is 9.80 Å². The van der Waals surface area contributed by atoms with Crippen molar-refractivity contribution in [1.82, 2.24) is 51.1 Å². The number of likely N-dealkylation sites (N-methyl/N-ethyl adjacent to an activating group) is 6. The number of hydrogen-bond acceptors (Lipinski definition) is 13. The number of allylic oxidation sites excluding steroid dienone is 2. The molecule has 466 valence electrons. The lowest BCUT2D eigenvalue weighted by molar-refractivity contribution is -0.153. The SMILES string of the molecule is C/C=C/C[C@@H](C)[C@@H](O)C(C(=O)N[C@@H](CC)C(=O)N(C)CC(=O)N(C)[C@@H](CC(C)(C)OCOCC)C(=O)N[C@@H](C(=O)N(C)[C@@H](CC(C)C)C(=O)N[C@@H](C)C(=O)N[C@@H](C)C(=O)N(C)[C@@H](CC(C)C)C(=O)NC)C(C)C)N(C)C(=O)CC(C)C. The summed E-state index contributed by atoms with van der Waals surface area (Å²) in [6.45, 7) is 27.7. The van der Waals surface area contributed by atoms with Gasteiger partial charge >= 0.3 is 0 Å². The van der Waals surface area contributed by atoms with Crippen molar-refractivity contribution in [2.75, 3.05) is 62.2 Å². The molecule has 0 aromatic heterocycles. The van der Waals surface area contributed by atoms with Crippen LogP contribution in [0.15, 0.2) is 12.2 Å². The van der Waals surface area contributed by atoms with Crippen molar-refractivity contribution in [2.24, 2.45) is 29.6 Å². The molecule has 10 amide bonds. The zero-order valence-corrected chi connectivity index (χ0v) is 53.2. The number of nitrogens with one attached hydrogen (secondary N) is 5. The van der Waals surface area contributed by atoms with Gasteiger partial charge in [-0.1, -0.05) is 81.4 Å². The minimum Gasteiger partial charge on any atom is -0.390 e. The fourth-order valence-electron chi connectivity index (χ4n) is 8.96. The Hall–Kier alpha value is -5.68. The van der Waals surface area contributed by atoms with Crippen LogP contribution in [0.1, 0.15) is 149 Å². The Labute approximate surface area is 484 Å². The zero-order chi connectivity index (χ0) is 63.0. The van der Waals surface area contributed by atoms with Crippen LogP contribution >= 0.6 is 0 Å². The van der Waals surface area contributed by atoms with E-state index < -0.39 is 126 Å². The van der Waals surface area contributed by atoms with Gasteiger partial charge in [0.15, 0.2) is 0 Å². The highest BCUT2D eigenvalue weighted by molar-refractivity contribution is 5.98. The van der Waals surface area contributed by atoms with Gasteiger partial charge < -0.3 is 65.7 Å². The van der Waals surface area contributed by atoms with Crippen molar-refractivity contribution in [3.63, 3.8) is 0 Å². The highest BCUT2D eigenvalue weighted by atomic mass is 16.7. The summed E-state index contributed by atoms with van der Waals surface area (Å²) in [7, 11) is 8.60. The minimum absolute atomic E-state index is 0.0282. The van der Waals surface area contributed by atoms with Crippen molar-refractivity contribution in [1.29, 1.82) is 0 Å². The van der Waals surface area contributed by atoms with E-state index in [-0.39, 0.29) is 62.0 Å². The third-order valence-corrected chi connectivity index (χ3v) is 14.3. The van der Waals surface area contributed by atoms with Crippen LogP contribution in [0.4, 0.5) is 0 Å². The first kappa shape index (κ1) is 75.3. The van der Waals surface area contributed by atoms with Crippen LogP contribution < -0.4 is 26.6 Å². The molecule has 0 fully saturated rings. The molecule has 1 unspecified atom stereocenters. The molecule has 0 aromatic rings. The summed E-state index contributed by atoms with van der Waals surface area (Å²) in [4.78, 5) is 145. The molecule has 0 radical (unpaired) electrons. The number of nitrogens with zero attached hydrogens (tertiary/aromatic N) is 5. The summed E-state index contributed by atoms with van der Waals surface area (Å²) in [5.74, 6) is -7.09. The largest absolute Gasteiger partial charge is 0.390 e. The maximum Gasteiger partial charge on any atom is 0.246 e. The highest BCUT2D eigenvalue weighted by Gasteiger charge is 2.42. The quantitative estimate of drug-likeness (QED) is 0.0300. The lowest BCUT2D eigenvalue weighted by Gasteiger charge is -2.37. The van der Waals surface area contributed by atoms with E-state index in [1.807, 2.05) is 60.6 Å².